The van der Waals surface area contributed by atoms with Gasteiger partial charge < -0.3 is 0 Å². The third-order valence-corrected chi connectivity index (χ3v) is 10.4. The minimum absolute atomic E-state index is 0.0145. The third kappa shape index (κ3) is 3.95. The second kappa shape index (κ2) is 9.63. The van der Waals surface area contributed by atoms with E-state index in [1.807, 2.05) is 18.2 Å². The molecular weight excluding hydrogens is 532 g/mol. The predicted molar refractivity (Wildman–Crippen MR) is 182 cm³/mol. The van der Waals surface area contributed by atoms with Crippen LogP contribution in [0.3, 0.4) is 0 Å². The maximum absolute atomic E-state index is 13.6. The molecule has 8 rings (SSSR count). The van der Waals surface area contributed by atoms with Gasteiger partial charge in [-0.2, -0.15) is 0 Å². The van der Waals surface area contributed by atoms with E-state index in [9.17, 15) is 4.79 Å². The lowest BCUT2D eigenvalue weighted by molar-refractivity contribution is 0.103. The molecule has 0 radical (unpaired) electrons. The Morgan fingerprint density at radius 3 is 1.89 bits per heavy atom. The maximum Gasteiger partial charge on any atom is 0.193 e. The third-order valence-electron chi connectivity index (χ3n) is 10.4. The molecule has 1 nitrogen and oxygen atoms in total. The van der Waals surface area contributed by atoms with Gasteiger partial charge in [-0.3, -0.25) is 4.79 Å². The fourth-order valence-corrected chi connectivity index (χ4v) is 7.95. The van der Waals surface area contributed by atoms with Gasteiger partial charge in [-0.15, -0.1) is 0 Å². The van der Waals surface area contributed by atoms with Gasteiger partial charge in [0.2, 0.25) is 0 Å². The van der Waals surface area contributed by atoms with Crippen LogP contribution in [-0.4, -0.2) is 5.78 Å². The standard InChI is InChI=1S/C43H36O/c1-42(2)38-18-8-6-16-35(38)41(44)36-25-31(20-22-39(36)42)29-13-9-11-27(23-29)28-12-10-14-30(24-28)32-19-21-34-33-15-5-7-17-37(33)43(3,4)40(34)26-32/h5-18,20-26,32H,19H2,1-4H3. The van der Waals surface area contributed by atoms with Crippen molar-refractivity contribution in [3.8, 4) is 22.3 Å². The zero-order valence-corrected chi connectivity index (χ0v) is 25.8. The van der Waals surface area contributed by atoms with E-state index in [2.05, 4.69) is 137 Å². The van der Waals surface area contributed by atoms with Crippen LogP contribution in [0.25, 0.3) is 27.8 Å². The second-order valence-corrected chi connectivity index (χ2v) is 13.7. The molecule has 0 fully saturated rings. The average molecular weight is 569 g/mol. The molecule has 0 saturated carbocycles. The molecule has 44 heavy (non-hydrogen) atoms. The molecular formula is C43H36O. The fourth-order valence-electron chi connectivity index (χ4n) is 7.95. The van der Waals surface area contributed by atoms with Gasteiger partial charge in [0.1, 0.15) is 0 Å². The molecule has 5 aromatic rings. The SMILES string of the molecule is CC1(C)C2=CC(c3cccc(-c4cccc(-c5ccc6c(c5)C(=O)c5ccccc5C6(C)C)c4)c3)CC=C2c2ccccc21. The van der Waals surface area contributed by atoms with Crippen molar-refractivity contribution >= 4 is 11.4 Å². The number of benzene rings is 5. The number of allylic oxidation sites excluding steroid dienone is 4. The first-order valence-electron chi connectivity index (χ1n) is 15.8. The monoisotopic (exact) mass is 568 g/mol. The largest absolute Gasteiger partial charge is 0.289 e. The highest BCUT2D eigenvalue weighted by atomic mass is 16.1. The van der Waals surface area contributed by atoms with Crippen LogP contribution in [0.15, 0.2) is 133 Å². The lowest BCUT2D eigenvalue weighted by Crippen LogP contribution is -2.30. The number of carbonyl (C=O) groups excluding carboxylic acids is 1. The van der Waals surface area contributed by atoms with Crippen molar-refractivity contribution in [3.63, 3.8) is 0 Å². The number of hydrogen-bond acceptors (Lipinski definition) is 1. The molecule has 1 atom stereocenters. The Labute approximate surface area is 260 Å². The summed E-state index contributed by atoms with van der Waals surface area (Å²) < 4.78 is 0. The van der Waals surface area contributed by atoms with E-state index in [1.54, 1.807) is 0 Å². The smallest absolute Gasteiger partial charge is 0.193 e. The van der Waals surface area contributed by atoms with Crippen molar-refractivity contribution in [1.82, 2.24) is 0 Å². The minimum atomic E-state index is -0.221. The normalized spacial score (nSPS) is 18.8. The molecule has 3 aliphatic carbocycles. The number of carbonyl (C=O) groups is 1. The highest BCUT2D eigenvalue weighted by Crippen LogP contribution is 2.53. The summed E-state index contributed by atoms with van der Waals surface area (Å²) in [5.41, 5.74) is 15.3. The number of ketones is 1. The van der Waals surface area contributed by atoms with Crippen molar-refractivity contribution in [2.45, 2.75) is 50.9 Å². The summed E-state index contributed by atoms with van der Waals surface area (Å²) in [4.78, 5) is 13.6. The fraction of sp³-hybridized carbons (Fsp3) is 0.186. The van der Waals surface area contributed by atoms with Crippen LogP contribution in [0.2, 0.25) is 0 Å². The van der Waals surface area contributed by atoms with Crippen molar-refractivity contribution in [2.75, 3.05) is 0 Å². The molecule has 0 aliphatic heterocycles. The summed E-state index contributed by atoms with van der Waals surface area (Å²) in [6.07, 6.45) is 5.99. The Bertz CT molecular complexity index is 2060. The molecule has 214 valence electrons. The molecule has 1 heteroatoms. The summed E-state index contributed by atoms with van der Waals surface area (Å²) in [5, 5.41) is 0. The van der Waals surface area contributed by atoms with Crippen LogP contribution in [0.4, 0.5) is 0 Å². The lowest BCUT2D eigenvalue weighted by atomic mass is 9.68. The minimum Gasteiger partial charge on any atom is -0.289 e. The average Bonchev–Trinajstić information content (AvgIpc) is 3.29. The predicted octanol–water partition coefficient (Wildman–Crippen LogP) is 10.7. The molecule has 0 N–H and O–H groups in total. The van der Waals surface area contributed by atoms with Crippen LogP contribution in [0.1, 0.15) is 83.8 Å². The highest BCUT2D eigenvalue weighted by Gasteiger charge is 2.40. The summed E-state index contributed by atoms with van der Waals surface area (Å²) in [7, 11) is 0. The van der Waals surface area contributed by atoms with Crippen LogP contribution in [0, 0.1) is 0 Å². The van der Waals surface area contributed by atoms with Crippen molar-refractivity contribution in [2.24, 2.45) is 0 Å². The molecule has 0 spiro atoms. The molecule has 1 unspecified atom stereocenters. The zero-order chi connectivity index (χ0) is 30.2. The molecule has 0 heterocycles. The Kier molecular flexibility index (Phi) is 5.87. The quantitative estimate of drug-likeness (QED) is 0.212. The summed E-state index contributed by atoms with van der Waals surface area (Å²) >= 11 is 0. The molecule has 0 amide bonds. The first-order chi connectivity index (χ1) is 21.2. The van der Waals surface area contributed by atoms with E-state index < -0.39 is 0 Å². The Hall–Kier alpha value is -4.75. The van der Waals surface area contributed by atoms with Gasteiger partial charge in [0, 0.05) is 27.9 Å². The van der Waals surface area contributed by atoms with Crippen LogP contribution < -0.4 is 0 Å². The van der Waals surface area contributed by atoms with Crippen molar-refractivity contribution in [3.05, 3.63) is 172 Å². The van der Waals surface area contributed by atoms with Crippen LogP contribution >= 0.6 is 0 Å². The Balaban J connectivity index is 1.12. The number of fused-ring (bicyclic) bond motifs is 5. The number of hydrogen-bond donors (Lipinski definition) is 0. The number of rotatable bonds is 3. The Morgan fingerprint density at radius 1 is 0.545 bits per heavy atom. The van der Waals surface area contributed by atoms with Crippen molar-refractivity contribution in [1.29, 1.82) is 0 Å². The van der Waals surface area contributed by atoms with Gasteiger partial charge in [0.05, 0.1) is 0 Å². The molecule has 0 saturated heterocycles. The van der Waals surface area contributed by atoms with Crippen LogP contribution in [-0.2, 0) is 10.8 Å². The highest BCUT2D eigenvalue weighted by molar-refractivity contribution is 6.13. The first kappa shape index (κ1) is 26.8. The molecule has 3 aliphatic rings. The van der Waals surface area contributed by atoms with Gasteiger partial charge in [-0.05, 0) is 79.8 Å². The first-order valence-corrected chi connectivity index (χ1v) is 15.8. The summed E-state index contributed by atoms with van der Waals surface area (Å²) in [6.45, 7) is 9.15. The van der Waals surface area contributed by atoms with Gasteiger partial charge in [0.25, 0.3) is 0 Å². The molecule has 5 aromatic carbocycles. The topological polar surface area (TPSA) is 17.1 Å². The van der Waals surface area contributed by atoms with E-state index in [0.29, 0.717) is 5.92 Å². The van der Waals surface area contributed by atoms with E-state index in [1.165, 1.54) is 39.0 Å². The summed E-state index contributed by atoms with van der Waals surface area (Å²) in [5.74, 6) is 0.469. The summed E-state index contributed by atoms with van der Waals surface area (Å²) in [6, 6.07) is 41.2. The van der Waals surface area contributed by atoms with Gasteiger partial charge >= 0.3 is 0 Å². The van der Waals surface area contributed by atoms with Gasteiger partial charge in [0.15, 0.2) is 5.78 Å². The van der Waals surface area contributed by atoms with Crippen molar-refractivity contribution < 1.29 is 4.79 Å². The van der Waals surface area contributed by atoms with E-state index in [0.717, 1.165) is 39.8 Å². The zero-order valence-electron chi connectivity index (χ0n) is 25.8. The van der Waals surface area contributed by atoms with E-state index in [4.69, 9.17) is 0 Å². The van der Waals surface area contributed by atoms with E-state index >= 15 is 0 Å². The van der Waals surface area contributed by atoms with E-state index in [-0.39, 0.29) is 16.6 Å². The van der Waals surface area contributed by atoms with Crippen LogP contribution in [0.5, 0.6) is 0 Å². The Morgan fingerprint density at radius 2 is 1.14 bits per heavy atom. The maximum atomic E-state index is 13.6. The molecule has 0 aromatic heterocycles. The molecule has 0 bridgehead atoms. The van der Waals surface area contributed by atoms with Gasteiger partial charge in [-0.25, -0.2) is 0 Å². The lowest BCUT2D eigenvalue weighted by Gasteiger charge is -2.34. The second-order valence-electron chi connectivity index (χ2n) is 13.7. The van der Waals surface area contributed by atoms with Gasteiger partial charge in [-0.1, -0.05) is 143 Å².